The van der Waals surface area contributed by atoms with Crippen LogP contribution < -0.4 is 10.2 Å². The number of amides is 2. The van der Waals surface area contributed by atoms with Gasteiger partial charge in [0.2, 0.25) is 11.8 Å². The molecule has 1 heterocycles. The molecule has 1 aliphatic rings. The highest BCUT2D eigenvalue weighted by atomic mass is 16.2. The molecule has 2 aromatic rings. The summed E-state index contributed by atoms with van der Waals surface area (Å²) in [6.45, 7) is 10.3. The number of benzene rings is 2. The Hall–Kier alpha value is -2.66. The van der Waals surface area contributed by atoms with E-state index in [0.29, 0.717) is 19.3 Å². The van der Waals surface area contributed by atoms with Crippen molar-refractivity contribution in [2.24, 2.45) is 0 Å². The van der Waals surface area contributed by atoms with Crippen LogP contribution in [0.4, 0.5) is 5.69 Å². The number of para-hydroxylation sites is 1. The van der Waals surface area contributed by atoms with Crippen LogP contribution in [-0.4, -0.2) is 47.4 Å². The van der Waals surface area contributed by atoms with Crippen LogP contribution in [0.3, 0.4) is 0 Å². The summed E-state index contributed by atoms with van der Waals surface area (Å²) in [4.78, 5) is 31.1. The molecule has 0 saturated carbocycles. The summed E-state index contributed by atoms with van der Waals surface area (Å²) >= 11 is 0. The maximum atomic E-state index is 13.7. The van der Waals surface area contributed by atoms with Gasteiger partial charge in [-0.2, -0.15) is 0 Å². The van der Waals surface area contributed by atoms with E-state index in [1.807, 2.05) is 64.1 Å². The van der Waals surface area contributed by atoms with E-state index in [-0.39, 0.29) is 17.4 Å². The van der Waals surface area contributed by atoms with E-state index in [9.17, 15) is 9.59 Å². The molecule has 5 nitrogen and oxygen atoms in total. The Morgan fingerprint density at radius 1 is 0.969 bits per heavy atom. The minimum atomic E-state index is -0.884. The summed E-state index contributed by atoms with van der Waals surface area (Å²) in [5.74, 6) is -0.0728. The third kappa shape index (κ3) is 5.77. The summed E-state index contributed by atoms with van der Waals surface area (Å²) in [5, 5.41) is 3.18. The second-order valence-electron chi connectivity index (χ2n) is 9.73. The standard InChI is InChI=1S/C27H37N3O2/c1-5-24(31)30(23-14-10-7-11-15-23)27(25(32)28-26(2,3)4)17-20-29(21-18-27)19-16-22-12-8-6-9-13-22/h6-15H,5,16-21H2,1-4H3,(H,28,32). The molecule has 1 aliphatic heterocycles. The van der Waals surface area contributed by atoms with Crippen LogP contribution in [0, 0.1) is 0 Å². The summed E-state index contributed by atoms with van der Waals surface area (Å²) < 4.78 is 0. The fourth-order valence-corrected chi connectivity index (χ4v) is 4.45. The first-order valence-electron chi connectivity index (χ1n) is 11.7. The molecule has 0 unspecified atom stereocenters. The van der Waals surface area contributed by atoms with Gasteiger partial charge in [-0.05, 0) is 57.7 Å². The fraction of sp³-hybridized carbons (Fsp3) is 0.481. The Kier molecular flexibility index (Phi) is 7.73. The molecule has 1 N–H and O–H groups in total. The lowest BCUT2D eigenvalue weighted by Crippen LogP contribution is -2.67. The molecule has 32 heavy (non-hydrogen) atoms. The lowest BCUT2D eigenvalue weighted by Gasteiger charge is -2.48. The Bertz CT molecular complexity index is 882. The van der Waals surface area contributed by atoms with Gasteiger partial charge in [-0.3, -0.25) is 14.5 Å². The highest BCUT2D eigenvalue weighted by Gasteiger charge is 2.49. The molecule has 0 atom stereocenters. The number of nitrogens with zero attached hydrogens (tertiary/aromatic N) is 2. The molecule has 1 fully saturated rings. The zero-order chi connectivity index (χ0) is 23.2. The predicted octanol–water partition coefficient (Wildman–Crippen LogP) is 4.42. The minimum absolute atomic E-state index is 0.0157. The fourth-order valence-electron chi connectivity index (χ4n) is 4.45. The number of hydrogen-bond donors (Lipinski definition) is 1. The molecule has 172 valence electrons. The minimum Gasteiger partial charge on any atom is -0.349 e. The number of likely N-dealkylation sites (tertiary alicyclic amines) is 1. The predicted molar refractivity (Wildman–Crippen MR) is 131 cm³/mol. The molecule has 0 bridgehead atoms. The van der Waals surface area contributed by atoms with Crippen LogP contribution in [0.5, 0.6) is 0 Å². The average molecular weight is 436 g/mol. The van der Waals surface area contributed by atoms with Crippen LogP contribution in [0.1, 0.15) is 52.5 Å². The van der Waals surface area contributed by atoms with Gasteiger partial charge in [0.1, 0.15) is 5.54 Å². The maximum absolute atomic E-state index is 13.7. The van der Waals surface area contributed by atoms with Gasteiger partial charge < -0.3 is 10.2 Å². The third-order valence-corrected chi connectivity index (χ3v) is 6.15. The van der Waals surface area contributed by atoms with Gasteiger partial charge in [0.15, 0.2) is 0 Å². The first-order valence-corrected chi connectivity index (χ1v) is 11.7. The number of carbonyl (C=O) groups excluding carboxylic acids is 2. The van der Waals surface area contributed by atoms with Crippen LogP contribution in [0.2, 0.25) is 0 Å². The lowest BCUT2D eigenvalue weighted by atomic mass is 9.82. The van der Waals surface area contributed by atoms with Crippen molar-refractivity contribution >= 4 is 17.5 Å². The highest BCUT2D eigenvalue weighted by molar-refractivity contribution is 6.03. The van der Waals surface area contributed by atoms with Crippen molar-refractivity contribution in [3.63, 3.8) is 0 Å². The Balaban J connectivity index is 1.85. The second kappa shape index (κ2) is 10.3. The van der Waals surface area contributed by atoms with Crippen LogP contribution in [-0.2, 0) is 16.0 Å². The average Bonchev–Trinajstić information content (AvgIpc) is 2.79. The van der Waals surface area contributed by atoms with Gasteiger partial charge in [0.05, 0.1) is 0 Å². The quantitative estimate of drug-likeness (QED) is 0.700. The molecule has 0 spiro atoms. The third-order valence-electron chi connectivity index (χ3n) is 6.15. The van der Waals surface area contributed by atoms with E-state index in [0.717, 1.165) is 31.7 Å². The normalized spacial score (nSPS) is 16.4. The molecule has 3 rings (SSSR count). The highest BCUT2D eigenvalue weighted by Crippen LogP contribution is 2.35. The zero-order valence-corrected chi connectivity index (χ0v) is 19.9. The van der Waals surface area contributed by atoms with E-state index in [4.69, 9.17) is 0 Å². The van der Waals surface area contributed by atoms with Gasteiger partial charge in [-0.15, -0.1) is 0 Å². The Labute approximate surface area is 192 Å². The summed E-state index contributed by atoms with van der Waals surface area (Å²) in [7, 11) is 0. The van der Waals surface area contributed by atoms with Crippen molar-refractivity contribution in [2.75, 3.05) is 24.5 Å². The summed E-state index contributed by atoms with van der Waals surface area (Å²) in [5.41, 5.74) is 0.861. The first kappa shape index (κ1) is 24.0. The number of anilines is 1. The molecule has 5 heteroatoms. The van der Waals surface area contributed by atoms with Crippen LogP contribution in [0.25, 0.3) is 0 Å². The molecule has 0 aromatic heterocycles. The molecule has 2 aromatic carbocycles. The number of piperidine rings is 1. The Morgan fingerprint density at radius 3 is 2.06 bits per heavy atom. The SMILES string of the molecule is CCC(=O)N(c1ccccc1)C1(C(=O)NC(C)(C)C)CCN(CCc2ccccc2)CC1. The van der Waals surface area contributed by atoms with Gasteiger partial charge in [-0.25, -0.2) is 0 Å². The molecule has 1 saturated heterocycles. The van der Waals surface area contributed by atoms with Crippen molar-refractivity contribution in [3.8, 4) is 0 Å². The monoisotopic (exact) mass is 435 g/mol. The number of rotatable bonds is 7. The van der Waals surface area contributed by atoms with E-state index in [1.54, 1.807) is 4.90 Å². The summed E-state index contributed by atoms with van der Waals surface area (Å²) in [6.07, 6.45) is 2.57. The van der Waals surface area contributed by atoms with E-state index in [1.165, 1.54) is 5.56 Å². The largest absolute Gasteiger partial charge is 0.349 e. The van der Waals surface area contributed by atoms with Crippen molar-refractivity contribution in [3.05, 3.63) is 66.2 Å². The van der Waals surface area contributed by atoms with Crippen molar-refractivity contribution in [2.45, 2.75) is 64.5 Å². The van der Waals surface area contributed by atoms with Crippen molar-refractivity contribution < 1.29 is 9.59 Å². The first-order chi connectivity index (χ1) is 15.2. The van der Waals surface area contributed by atoms with E-state index < -0.39 is 5.54 Å². The van der Waals surface area contributed by atoms with Gasteiger partial charge in [0, 0.05) is 37.3 Å². The molecule has 0 radical (unpaired) electrons. The lowest BCUT2D eigenvalue weighted by molar-refractivity contribution is -0.133. The molecular formula is C27H37N3O2. The Morgan fingerprint density at radius 2 is 1.53 bits per heavy atom. The summed E-state index contributed by atoms with van der Waals surface area (Å²) in [6, 6.07) is 20.1. The van der Waals surface area contributed by atoms with Gasteiger partial charge in [0.25, 0.3) is 0 Å². The number of hydrogen-bond acceptors (Lipinski definition) is 3. The van der Waals surface area contributed by atoms with Crippen molar-refractivity contribution in [1.29, 1.82) is 0 Å². The topological polar surface area (TPSA) is 52.7 Å². The van der Waals surface area contributed by atoms with Crippen LogP contribution >= 0.6 is 0 Å². The van der Waals surface area contributed by atoms with Crippen molar-refractivity contribution in [1.82, 2.24) is 10.2 Å². The number of nitrogens with one attached hydrogen (secondary N) is 1. The van der Waals surface area contributed by atoms with Gasteiger partial charge in [-0.1, -0.05) is 55.5 Å². The molecular weight excluding hydrogens is 398 g/mol. The van der Waals surface area contributed by atoms with Gasteiger partial charge >= 0.3 is 0 Å². The second-order valence-corrected chi connectivity index (χ2v) is 9.73. The maximum Gasteiger partial charge on any atom is 0.246 e. The van der Waals surface area contributed by atoms with E-state index >= 15 is 0 Å². The van der Waals surface area contributed by atoms with Crippen LogP contribution in [0.15, 0.2) is 60.7 Å². The molecule has 2 amide bonds. The molecule has 0 aliphatic carbocycles. The zero-order valence-electron chi connectivity index (χ0n) is 19.9. The van der Waals surface area contributed by atoms with E-state index in [2.05, 4.69) is 34.5 Å². The number of carbonyl (C=O) groups is 2. The smallest absolute Gasteiger partial charge is 0.246 e.